The van der Waals surface area contributed by atoms with Crippen LogP contribution in [-0.2, 0) is 0 Å². The summed E-state index contributed by atoms with van der Waals surface area (Å²) in [6, 6.07) is 8.74. The second kappa shape index (κ2) is 4.54. The second-order valence-corrected chi connectivity index (χ2v) is 5.40. The van der Waals surface area contributed by atoms with Gasteiger partial charge >= 0.3 is 0 Å². The smallest absolute Gasteiger partial charge is 0.0378 e. The van der Waals surface area contributed by atoms with E-state index in [0.717, 1.165) is 24.0 Å². The molecule has 1 fully saturated rings. The molecular weight excluding hydrogens is 252 g/mol. The molecule has 1 aliphatic rings. The summed E-state index contributed by atoms with van der Waals surface area (Å²) >= 11 is 3.50. The summed E-state index contributed by atoms with van der Waals surface area (Å²) < 4.78 is 1.13. The molecule has 1 aromatic carbocycles. The van der Waals surface area contributed by atoms with Crippen molar-refractivity contribution in [1.82, 2.24) is 0 Å². The van der Waals surface area contributed by atoms with Crippen LogP contribution in [0.25, 0.3) is 0 Å². The molecule has 0 saturated carbocycles. The van der Waals surface area contributed by atoms with Gasteiger partial charge in [-0.25, -0.2) is 0 Å². The predicted molar refractivity (Wildman–Crippen MR) is 68.1 cm³/mol. The summed E-state index contributed by atoms with van der Waals surface area (Å²) in [5.41, 5.74) is 7.31. The molecule has 2 atom stereocenters. The number of hydrogen-bond acceptors (Lipinski definition) is 2. The first kappa shape index (κ1) is 11.0. The molecule has 1 aromatic rings. The highest BCUT2D eigenvalue weighted by Gasteiger charge is 2.22. The fourth-order valence-electron chi connectivity index (χ4n) is 2.28. The SMILES string of the molecule is CC1CC(N)CN(c2cccc(Br)c2)C1. The lowest BCUT2D eigenvalue weighted by atomic mass is 9.96. The molecule has 2 nitrogen and oxygen atoms in total. The number of nitrogens with zero attached hydrogens (tertiary/aromatic N) is 1. The molecule has 2 N–H and O–H groups in total. The van der Waals surface area contributed by atoms with Crippen molar-refractivity contribution < 1.29 is 0 Å². The van der Waals surface area contributed by atoms with E-state index in [9.17, 15) is 0 Å². The molecule has 1 saturated heterocycles. The van der Waals surface area contributed by atoms with Gasteiger partial charge in [-0.15, -0.1) is 0 Å². The Morgan fingerprint density at radius 2 is 2.20 bits per heavy atom. The standard InChI is InChI=1S/C12H17BrN2/c1-9-5-11(14)8-15(7-9)12-4-2-3-10(13)6-12/h2-4,6,9,11H,5,7-8,14H2,1H3. The molecule has 0 bridgehead atoms. The van der Waals surface area contributed by atoms with Crippen LogP contribution in [0.1, 0.15) is 13.3 Å². The van der Waals surface area contributed by atoms with Gasteiger partial charge in [0.1, 0.15) is 0 Å². The first-order chi connectivity index (χ1) is 7.15. The van der Waals surface area contributed by atoms with Crippen LogP contribution >= 0.6 is 15.9 Å². The van der Waals surface area contributed by atoms with Crippen LogP contribution < -0.4 is 10.6 Å². The van der Waals surface area contributed by atoms with E-state index in [1.807, 2.05) is 0 Å². The molecule has 2 rings (SSSR count). The lowest BCUT2D eigenvalue weighted by Gasteiger charge is -2.36. The van der Waals surface area contributed by atoms with Crippen LogP contribution in [-0.4, -0.2) is 19.1 Å². The number of nitrogens with two attached hydrogens (primary N) is 1. The van der Waals surface area contributed by atoms with E-state index < -0.39 is 0 Å². The Bertz CT molecular complexity index is 330. The maximum atomic E-state index is 6.04. The molecule has 1 aliphatic heterocycles. The van der Waals surface area contributed by atoms with Crippen molar-refractivity contribution >= 4 is 21.6 Å². The van der Waals surface area contributed by atoms with E-state index in [-0.39, 0.29) is 0 Å². The summed E-state index contributed by atoms with van der Waals surface area (Å²) in [6.07, 6.45) is 1.14. The number of hydrogen-bond donors (Lipinski definition) is 1. The molecule has 0 radical (unpaired) electrons. The minimum atomic E-state index is 0.313. The van der Waals surface area contributed by atoms with Crippen LogP contribution in [0.15, 0.2) is 28.7 Å². The molecule has 0 spiro atoms. The van der Waals surface area contributed by atoms with Gasteiger partial charge in [0, 0.05) is 29.3 Å². The van der Waals surface area contributed by atoms with Crippen LogP contribution in [0.3, 0.4) is 0 Å². The number of halogens is 1. The predicted octanol–water partition coefficient (Wildman–Crippen LogP) is 2.62. The van der Waals surface area contributed by atoms with Crippen molar-refractivity contribution in [3.8, 4) is 0 Å². The minimum Gasteiger partial charge on any atom is -0.370 e. The quantitative estimate of drug-likeness (QED) is 0.849. The Hall–Kier alpha value is -0.540. The summed E-state index contributed by atoms with van der Waals surface area (Å²) in [6.45, 7) is 4.36. The van der Waals surface area contributed by atoms with Gasteiger partial charge in [-0.2, -0.15) is 0 Å². The molecule has 2 unspecified atom stereocenters. The van der Waals surface area contributed by atoms with Crippen molar-refractivity contribution in [2.75, 3.05) is 18.0 Å². The fourth-order valence-corrected chi connectivity index (χ4v) is 2.67. The van der Waals surface area contributed by atoms with Crippen molar-refractivity contribution in [1.29, 1.82) is 0 Å². The summed E-state index contributed by atoms with van der Waals surface area (Å²) in [5, 5.41) is 0. The molecular formula is C12H17BrN2. The van der Waals surface area contributed by atoms with Gasteiger partial charge in [0.15, 0.2) is 0 Å². The third-order valence-corrected chi connectivity index (χ3v) is 3.36. The zero-order chi connectivity index (χ0) is 10.8. The van der Waals surface area contributed by atoms with E-state index in [4.69, 9.17) is 5.73 Å². The van der Waals surface area contributed by atoms with Crippen LogP contribution in [0.2, 0.25) is 0 Å². The topological polar surface area (TPSA) is 29.3 Å². The van der Waals surface area contributed by atoms with Gasteiger partial charge in [-0.3, -0.25) is 0 Å². The summed E-state index contributed by atoms with van der Waals surface area (Å²) in [7, 11) is 0. The molecule has 0 amide bonds. The number of benzene rings is 1. The van der Waals surface area contributed by atoms with Crippen molar-refractivity contribution in [3.05, 3.63) is 28.7 Å². The second-order valence-electron chi connectivity index (χ2n) is 4.49. The van der Waals surface area contributed by atoms with Crippen molar-refractivity contribution in [3.63, 3.8) is 0 Å². The zero-order valence-electron chi connectivity index (χ0n) is 8.99. The zero-order valence-corrected chi connectivity index (χ0v) is 10.6. The molecule has 3 heteroatoms. The Morgan fingerprint density at radius 3 is 2.87 bits per heavy atom. The molecule has 15 heavy (non-hydrogen) atoms. The van der Waals surface area contributed by atoms with Gasteiger partial charge in [-0.05, 0) is 30.5 Å². The molecule has 0 aliphatic carbocycles. The summed E-state index contributed by atoms with van der Waals surface area (Å²) in [5.74, 6) is 0.688. The Balaban J connectivity index is 2.16. The highest BCUT2D eigenvalue weighted by molar-refractivity contribution is 9.10. The van der Waals surface area contributed by atoms with Crippen molar-refractivity contribution in [2.24, 2.45) is 11.7 Å². The third-order valence-electron chi connectivity index (χ3n) is 2.87. The Kier molecular flexibility index (Phi) is 3.32. The molecule has 82 valence electrons. The van der Waals surface area contributed by atoms with E-state index in [0.29, 0.717) is 12.0 Å². The highest BCUT2D eigenvalue weighted by Crippen LogP contribution is 2.24. The fraction of sp³-hybridized carbons (Fsp3) is 0.500. The van der Waals surface area contributed by atoms with E-state index in [1.54, 1.807) is 0 Å². The Labute approximate surface area is 99.6 Å². The van der Waals surface area contributed by atoms with Gasteiger partial charge in [0.05, 0.1) is 0 Å². The van der Waals surface area contributed by atoms with Gasteiger partial charge in [0.2, 0.25) is 0 Å². The first-order valence-electron chi connectivity index (χ1n) is 5.41. The van der Waals surface area contributed by atoms with E-state index in [2.05, 4.69) is 52.0 Å². The largest absolute Gasteiger partial charge is 0.370 e. The van der Waals surface area contributed by atoms with Crippen LogP contribution in [0.5, 0.6) is 0 Å². The third kappa shape index (κ3) is 2.73. The number of anilines is 1. The van der Waals surface area contributed by atoms with Gasteiger partial charge < -0.3 is 10.6 Å². The van der Waals surface area contributed by atoms with Gasteiger partial charge in [0.25, 0.3) is 0 Å². The van der Waals surface area contributed by atoms with Crippen LogP contribution in [0.4, 0.5) is 5.69 Å². The normalized spacial score (nSPS) is 26.7. The number of piperidine rings is 1. The summed E-state index contributed by atoms with van der Waals surface area (Å²) in [4.78, 5) is 2.38. The van der Waals surface area contributed by atoms with Crippen LogP contribution in [0, 0.1) is 5.92 Å². The molecule has 0 aromatic heterocycles. The maximum Gasteiger partial charge on any atom is 0.0378 e. The Morgan fingerprint density at radius 1 is 1.40 bits per heavy atom. The monoisotopic (exact) mass is 268 g/mol. The highest BCUT2D eigenvalue weighted by atomic mass is 79.9. The minimum absolute atomic E-state index is 0.313. The van der Waals surface area contributed by atoms with Gasteiger partial charge in [-0.1, -0.05) is 28.9 Å². The first-order valence-corrected chi connectivity index (χ1v) is 6.20. The van der Waals surface area contributed by atoms with Crippen molar-refractivity contribution in [2.45, 2.75) is 19.4 Å². The number of rotatable bonds is 1. The lowest BCUT2D eigenvalue weighted by Crippen LogP contribution is -2.46. The van der Waals surface area contributed by atoms with E-state index >= 15 is 0 Å². The average molecular weight is 269 g/mol. The lowest BCUT2D eigenvalue weighted by molar-refractivity contribution is 0.401. The maximum absolute atomic E-state index is 6.04. The molecule has 1 heterocycles. The van der Waals surface area contributed by atoms with E-state index in [1.165, 1.54) is 5.69 Å². The average Bonchev–Trinajstić information content (AvgIpc) is 2.16.